The van der Waals surface area contributed by atoms with Crippen LogP contribution in [0.1, 0.15) is 51.1 Å². The first-order chi connectivity index (χ1) is 14.5. The van der Waals surface area contributed by atoms with Gasteiger partial charge in [-0.05, 0) is 45.1 Å². The number of aliphatic imine (C=N–C) groups is 1. The second-order valence-corrected chi connectivity index (χ2v) is 9.75. The second kappa shape index (κ2) is 9.18. The molecule has 2 atom stereocenters. The summed E-state index contributed by atoms with van der Waals surface area (Å²) in [4.78, 5) is 29.7. The van der Waals surface area contributed by atoms with E-state index < -0.39 is 23.3 Å². The summed E-state index contributed by atoms with van der Waals surface area (Å²) < 4.78 is 50.5. The van der Waals surface area contributed by atoms with Crippen LogP contribution in [0, 0.1) is 11.7 Å². The summed E-state index contributed by atoms with van der Waals surface area (Å²) in [5.74, 6) is -1.42. The third-order valence-electron chi connectivity index (χ3n) is 5.69. The number of carbonyl (C=O) groups is 2. The Balaban J connectivity index is 1.52. The maximum atomic E-state index is 14.0. The normalized spacial score (nSPS) is 23.6. The number of hydrogen-bond acceptors (Lipinski definition) is 4. The van der Waals surface area contributed by atoms with Gasteiger partial charge in [0.05, 0.1) is 6.04 Å². The summed E-state index contributed by atoms with van der Waals surface area (Å²) in [6.07, 6.45) is -4.34. The summed E-state index contributed by atoms with van der Waals surface area (Å²) in [6, 6.07) is 6.02. The lowest BCUT2D eigenvalue weighted by Crippen LogP contribution is -2.42. The van der Waals surface area contributed by atoms with E-state index in [-0.39, 0.29) is 36.8 Å². The average Bonchev–Trinajstić information content (AvgIpc) is 2.94. The lowest BCUT2D eigenvalue weighted by Gasteiger charge is -2.35. The molecule has 10 heteroatoms. The Hall–Kier alpha value is -2.10. The second-order valence-electron chi connectivity index (χ2n) is 8.26. The van der Waals surface area contributed by atoms with Gasteiger partial charge in [-0.15, -0.1) is 0 Å². The van der Waals surface area contributed by atoms with Crippen molar-refractivity contribution in [3.05, 3.63) is 35.6 Å². The van der Waals surface area contributed by atoms with Crippen molar-refractivity contribution in [2.45, 2.75) is 56.5 Å². The molecule has 31 heavy (non-hydrogen) atoms. The van der Waals surface area contributed by atoms with Gasteiger partial charge >= 0.3 is 6.18 Å². The molecule has 0 spiro atoms. The molecular formula is C21H25F4N3O2S. The molecule has 5 nitrogen and oxygen atoms in total. The van der Waals surface area contributed by atoms with Crippen LogP contribution in [0.25, 0.3) is 0 Å². The number of amidine groups is 1. The molecule has 1 saturated heterocycles. The van der Waals surface area contributed by atoms with Crippen molar-refractivity contribution in [3.63, 3.8) is 0 Å². The zero-order valence-electron chi connectivity index (χ0n) is 17.3. The van der Waals surface area contributed by atoms with Crippen LogP contribution in [0.15, 0.2) is 29.3 Å². The van der Waals surface area contributed by atoms with E-state index in [1.807, 2.05) is 0 Å². The number of alkyl halides is 3. The van der Waals surface area contributed by atoms with Gasteiger partial charge in [-0.25, -0.2) is 4.39 Å². The predicted octanol–water partition coefficient (Wildman–Crippen LogP) is 4.45. The largest absolute Gasteiger partial charge is 0.397 e. The first-order valence-electron chi connectivity index (χ1n) is 10.1. The highest BCUT2D eigenvalue weighted by molar-refractivity contribution is 8.16. The minimum atomic E-state index is -4.51. The third kappa shape index (κ3) is 5.99. The number of thioether (sulfide) groups is 1. The highest BCUT2D eigenvalue weighted by Gasteiger charge is 2.44. The van der Waals surface area contributed by atoms with Gasteiger partial charge in [0.1, 0.15) is 17.0 Å². The quantitative estimate of drug-likeness (QED) is 0.661. The predicted molar refractivity (Wildman–Crippen MR) is 111 cm³/mol. The molecule has 1 N–H and O–H groups in total. The molecule has 0 bridgehead atoms. The maximum Gasteiger partial charge on any atom is 0.397 e. The smallest absolute Gasteiger partial charge is 0.358 e. The van der Waals surface area contributed by atoms with Gasteiger partial charge < -0.3 is 10.2 Å². The zero-order chi connectivity index (χ0) is 22.8. The third-order valence-corrected chi connectivity index (χ3v) is 6.88. The molecule has 0 radical (unpaired) electrons. The lowest BCUT2D eigenvalue weighted by atomic mass is 9.87. The number of hydrogen-bond donors (Lipinski definition) is 1. The Morgan fingerprint density at radius 1 is 1.32 bits per heavy atom. The number of likely N-dealkylation sites (tertiary alicyclic amines) is 1. The number of carbonyl (C=O) groups excluding carboxylic acids is 2. The highest BCUT2D eigenvalue weighted by atomic mass is 32.2. The van der Waals surface area contributed by atoms with Gasteiger partial charge in [0.15, 0.2) is 5.17 Å². The van der Waals surface area contributed by atoms with E-state index in [1.54, 1.807) is 32.0 Å². The van der Waals surface area contributed by atoms with Crippen LogP contribution in [0.3, 0.4) is 0 Å². The molecule has 1 aromatic carbocycles. The monoisotopic (exact) mass is 459 g/mol. The van der Waals surface area contributed by atoms with Crippen molar-refractivity contribution in [3.8, 4) is 0 Å². The first kappa shape index (κ1) is 23.6. The van der Waals surface area contributed by atoms with Crippen LogP contribution in [-0.2, 0) is 9.59 Å². The van der Waals surface area contributed by atoms with Crippen LogP contribution < -0.4 is 5.32 Å². The Morgan fingerprint density at radius 3 is 2.58 bits per heavy atom. The molecule has 1 aromatic rings. The van der Waals surface area contributed by atoms with E-state index in [2.05, 4.69) is 10.3 Å². The van der Waals surface area contributed by atoms with Gasteiger partial charge in [0, 0.05) is 18.7 Å². The number of piperidine rings is 1. The minimum Gasteiger partial charge on any atom is -0.358 e. The van der Waals surface area contributed by atoms with Crippen molar-refractivity contribution in [1.82, 2.24) is 10.2 Å². The number of nitrogens with zero attached hydrogens (tertiary/aromatic N) is 2. The van der Waals surface area contributed by atoms with Gasteiger partial charge in [-0.2, -0.15) is 18.2 Å². The SMILES string of the molecule is C[C@H](NC1=NC(=O)C(C)(CC2CCN(C(=O)CC(F)(F)F)CC2)S1)c1ccccc1F. The molecule has 0 aliphatic carbocycles. The topological polar surface area (TPSA) is 61.8 Å². The van der Waals surface area contributed by atoms with Crippen LogP contribution in [0.4, 0.5) is 17.6 Å². The standard InChI is InChI=1S/C21H25F4N3O2S/c1-13(15-5-3-4-6-16(15)22)26-19-27-18(30)20(2,31-19)11-14-7-9-28(10-8-14)17(29)12-21(23,24)25/h3-6,13-14H,7-12H2,1-2H3,(H,26,27,30)/t13-,20?/m0/s1. The molecule has 1 unspecified atom stereocenters. The molecular weight excluding hydrogens is 434 g/mol. The van der Waals surface area contributed by atoms with Crippen LogP contribution in [-0.4, -0.2) is 45.9 Å². The van der Waals surface area contributed by atoms with Crippen molar-refractivity contribution in [2.24, 2.45) is 10.9 Å². The van der Waals surface area contributed by atoms with E-state index in [1.165, 1.54) is 22.7 Å². The Morgan fingerprint density at radius 2 is 1.97 bits per heavy atom. The number of rotatable bonds is 5. The average molecular weight is 460 g/mol. The van der Waals surface area contributed by atoms with Crippen molar-refractivity contribution in [1.29, 1.82) is 0 Å². The van der Waals surface area contributed by atoms with E-state index in [4.69, 9.17) is 0 Å². The molecule has 0 saturated carbocycles. The van der Waals surface area contributed by atoms with E-state index in [0.29, 0.717) is 30.0 Å². The maximum absolute atomic E-state index is 14.0. The van der Waals surface area contributed by atoms with Crippen LogP contribution >= 0.6 is 11.8 Å². The Bertz CT molecular complexity index is 868. The molecule has 2 aliphatic rings. The summed E-state index contributed by atoms with van der Waals surface area (Å²) in [7, 11) is 0. The van der Waals surface area contributed by atoms with E-state index in [0.717, 1.165) is 0 Å². The molecule has 2 heterocycles. The van der Waals surface area contributed by atoms with Crippen molar-refractivity contribution >= 4 is 28.7 Å². The van der Waals surface area contributed by atoms with E-state index in [9.17, 15) is 27.2 Å². The first-order valence-corrected chi connectivity index (χ1v) is 11.0. The number of amides is 2. The summed E-state index contributed by atoms with van der Waals surface area (Å²) in [5.41, 5.74) is 0.475. The number of benzene rings is 1. The number of nitrogens with one attached hydrogen (secondary N) is 1. The zero-order valence-corrected chi connectivity index (χ0v) is 18.2. The molecule has 2 amide bonds. The Labute approximate surface area is 182 Å². The van der Waals surface area contributed by atoms with Gasteiger partial charge in [-0.3, -0.25) is 9.59 Å². The van der Waals surface area contributed by atoms with Crippen LogP contribution in [0.5, 0.6) is 0 Å². The molecule has 0 aromatic heterocycles. The Kier molecular flexibility index (Phi) is 6.98. The van der Waals surface area contributed by atoms with Crippen molar-refractivity contribution in [2.75, 3.05) is 13.1 Å². The summed E-state index contributed by atoms with van der Waals surface area (Å²) in [5, 5.41) is 3.53. The molecule has 170 valence electrons. The number of halogens is 4. The lowest BCUT2D eigenvalue weighted by molar-refractivity contribution is -0.162. The van der Waals surface area contributed by atoms with Crippen LogP contribution in [0.2, 0.25) is 0 Å². The van der Waals surface area contributed by atoms with Gasteiger partial charge in [0.25, 0.3) is 5.91 Å². The summed E-state index contributed by atoms with van der Waals surface area (Å²) in [6.45, 7) is 4.10. The summed E-state index contributed by atoms with van der Waals surface area (Å²) >= 11 is 1.30. The fraction of sp³-hybridized carbons (Fsp3) is 0.571. The fourth-order valence-electron chi connectivity index (χ4n) is 3.99. The van der Waals surface area contributed by atoms with Gasteiger partial charge in [0.2, 0.25) is 5.91 Å². The van der Waals surface area contributed by atoms with Gasteiger partial charge in [-0.1, -0.05) is 30.0 Å². The van der Waals surface area contributed by atoms with E-state index >= 15 is 0 Å². The highest BCUT2D eigenvalue weighted by Crippen LogP contribution is 2.41. The minimum absolute atomic E-state index is 0.106. The molecule has 2 aliphatic heterocycles. The van der Waals surface area contributed by atoms with Crippen molar-refractivity contribution < 1.29 is 27.2 Å². The molecule has 3 rings (SSSR count). The molecule has 1 fully saturated rings. The fourth-order valence-corrected chi connectivity index (χ4v) is 5.23.